The monoisotopic (exact) mass is 495 g/mol. The highest BCUT2D eigenvalue weighted by Gasteiger charge is 2.46. The van der Waals surface area contributed by atoms with E-state index in [2.05, 4.69) is 97.1 Å². The Hall–Kier alpha value is -4.05. The zero-order valence-corrected chi connectivity index (χ0v) is 20.6. The summed E-state index contributed by atoms with van der Waals surface area (Å²) >= 11 is 6.55. The molecule has 37 heavy (non-hydrogen) atoms. The third-order valence-corrected chi connectivity index (χ3v) is 7.86. The number of halogens is 1. The summed E-state index contributed by atoms with van der Waals surface area (Å²) in [6.07, 6.45) is 0. The van der Waals surface area contributed by atoms with Gasteiger partial charge in [-0.05, 0) is 91.3 Å². The van der Waals surface area contributed by atoms with Gasteiger partial charge in [0.05, 0.1) is 5.41 Å². The van der Waals surface area contributed by atoms with E-state index in [1.807, 2.05) is 24.3 Å². The van der Waals surface area contributed by atoms with Crippen LogP contribution in [0.1, 0.15) is 22.3 Å². The lowest BCUT2D eigenvalue weighted by Gasteiger charge is -2.34. The molecule has 6 aromatic carbocycles. The maximum atomic E-state index is 9.30. The van der Waals surface area contributed by atoms with Crippen LogP contribution in [0, 0.1) is 0 Å². The highest BCUT2D eigenvalue weighted by Crippen LogP contribution is 2.57. The molecule has 0 heterocycles. The molecule has 2 nitrogen and oxygen atoms in total. The van der Waals surface area contributed by atoms with Gasteiger partial charge in [-0.25, -0.2) is 0 Å². The van der Waals surface area contributed by atoms with Crippen LogP contribution in [0.25, 0.3) is 32.7 Å². The molecule has 4 heteroatoms. The van der Waals surface area contributed by atoms with Crippen LogP contribution >= 0.6 is 11.6 Å². The van der Waals surface area contributed by atoms with E-state index in [0.29, 0.717) is 10.8 Å². The normalized spacial score (nSPS) is 13.4. The van der Waals surface area contributed by atoms with Crippen LogP contribution in [0.3, 0.4) is 0 Å². The third-order valence-electron chi connectivity index (χ3n) is 7.62. The predicted molar refractivity (Wildman–Crippen MR) is 152 cm³/mol. The average Bonchev–Trinajstić information content (AvgIpc) is 3.22. The molecular formula is C33H21BClO2. The smallest absolute Gasteiger partial charge is 0.537 e. The van der Waals surface area contributed by atoms with Crippen molar-refractivity contribution in [1.29, 1.82) is 0 Å². The van der Waals surface area contributed by atoms with E-state index >= 15 is 0 Å². The Bertz CT molecular complexity index is 1750. The molecule has 0 saturated heterocycles. The number of rotatable bonds is 4. The van der Waals surface area contributed by atoms with Gasteiger partial charge in [-0.3, -0.25) is 0 Å². The fourth-order valence-electron chi connectivity index (χ4n) is 6.05. The van der Waals surface area contributed by atoms with E-state index in [-0.39, 0.29) is 0 Å². The van der Waals surface area contributed by atoms with Crippen LogP contribution in [0.5, 0.6) is 5.75 Å². The summed E-state index contributed by atoms with van der Waals surface area (Å²) in [6.45, 7) is 0. The van der Waals surface area contributed by atoms with E-state index in [0.717, 1.165) is 24.4 Å². The van der Waals surface area contributed by atoms with Gasteiger partial charge < -0.3 is 9.68 Å². The van der Waals surface area contributed by atoms with Crippen molar-refractivity contribution in [3.8, 4) is 16.9 Å². The van der Waals surface area contributed by atoms with Crippen molar-refractivity contribution in [1.82, 2.24) is 0 Å². The third kappa shape index (κ3) is 3.32. The second-order valence-electron chi connectivity index (χ2n) is 9.49. The Kier molecular flexibility index (Phi) is 5.11. The minimum atomic E-state index is -0.565. The SMILES string of the molecule is O[B]Oc1ccc2c(c1)-c1cc(Cl)ccc1C2(c1ccc2ccccc2c1)c1ccc2ccccc2c1. The first kappa shape index (κ1) is 22.2. The van der Waals surface area contributed by atoms with Gasteiger partial charge >= 0.3 is 7.69 Å². The molecule has 6 aromatic rings. The van der Waals surface area contributed by atoms with Crippen molar-refractivity contribution in [2.45, 2.75) is 5.41 Å². The van der Waals surface area contributed by atoms with Crippen molar-refractivity contribution < 1.29 is 9.68 Å². The molecule has 0 saturated carbocycles. The molecule has 7 rings (SSSR count). The average molecular weight is 496 g/mol. The summed E-state index contributed by atoms with van der Waals surface area (Å²) in [5.41, 5.74) is 6.23. The summed E-state index contributed by atoms with van der Waals surface area (Å²) in [7, 11) is 0.718. The Morgan fingerprint density at radius 1 is 0.568 bits per heavy atom. The molecule has 0 bridgehead atoms. The highest BCUT2D eigenvalue weighted by atomic mass is 35.5. The number of hydrogen-bond acceptors (Lipinski definition) is 2. The van der Waals surface area contributed by atoms with Gasteiger partial charge in [-0.15, -0.1) is 0 Å². The zero-order chi connectivity index (χ0) is 25.0. The lowest BCUT2D eigenvalue weighted by Crippen LogP contribution is -2.28. The van der Waals surface area contributed by atoms with E-state index < -0.39 is 5.41 Å². The summed E-state index contributed by atoms with van der Waals surface area (Å²) in [4.78, 5) is 0. The molecule has 0 fully saturated rings. The molecule has 0 aliphatic heterocycles. The minimum Gasteiger partial charge on any atom is -0.537 e. The van der Waals surface area contributed by atoms with Crippen LogP contribution in [0.4, 0.5) is 0 Å². The van der Waals surface area contributed by atoms with Gasteiger partial charge in [0.15, 0.2) is 0 Å². The van der Waals surface area contributed by atoms with Crippen LogP contribution in [0.15, 0.2) is 121 Å². The molecule has 0 spiro atoms. The zero-order valence-electron chi connectivity index (χ0n) is 19.9. The molecule has 0 amide bonds. The number of fused-ring (bicyclic) bond motifs is 5. The molecular weight excluding hydrogens is 475 g/mol. The van der Waals surface area contributed by atoms with Crippen molar-refractivity contribution in [3.05, 3.63) is 149 Å². The fourth-order valence-corrected chi connectivity index (χ4v) is 6.22. The molecule has 0 atom stereocenters. The van der Waals surface area contributed by atoms with Gasteiger partial charge in [-0.2, -0.15) is 0 Å². The van der Waals surface area contributed by atoms with Crippen molar-refractivity contribution in [2.24, 2.45) is 0 Å². The van der Waals surface area contributed by atoms with Gasteiger partial charge in [0.1, 0.15) is 5.75 Å². The summed E-state index contributed by atoms with van der Waals surface area (Å²) in [5, 5.41) is 14.8. The van der Waals surface area contributed by atoms with Crippen molar-refractivity contribution >= 4 is 40.8 Å². The summed E-state index contributed by atoms with van der Waals surface area (Å²) in [5.74, 6) is 0.569. The lowest BCUT2D eigenvalue weighted by molar-refractivity contribution is 0.454. The Labute approximate surface area is 221 Å². The molecule has 1 radical (unpaired) electrons. The van der Waals surface area contributed by atoms with Crippen LogP contribution in [0.2, 0.25) is 5.02 Å². The predicted octanol–water partition coefficient (Wildman–Crippen LogP) is 7.91. The maximum absolute atomic E-state index is 9.30. The first-order valence-corrected chi connectivity index (χ1v) is 12.6. The van der Waals surface area contributed by atoms with Crippen LogP contribution in [-0.2, 0) is 5.41 Å². The van der Waals surface area contributed by atoms with Gasteiger partial charge in [0.2, 0.25) is 0 Å². The first-order chi connectivity index (χ1) is 18.2. The molecule has 175 valence electrons. The number of benzene rings is 6. The standard InChI is InChI=1S/C33H21BClO2/c35-27-13-15-31-29(19-27)30-20-28(37-34-36)14-16-32(30)33(31,25-11-9-21-5-1-3-7-23(21)17-25)26-12-10-22-6-2-4-8-24(22)18-26/h1-20,36H. The molecule has 1 N–H and O–H groups in total. The van der Waals surface area contributed by atoms with Gasteiger partial charge in [-0.1, -0.05) is 96.5 Å². The largest absolute Gasteiger partial charge is 0.569 e. The Morgan fingerprint density at radius 3 is 1.70 bits per heavy atom. The quantitative estimate of drug-likeness (QED) is 0.251. The van der Waals surface area contributed by atoms with E-state index in [9.17, 15) is 5.02 Å². The summed E-state index contributed by atoms with van der Waals surface area (Å²) < 4.78 is 5.37. The summed E-state index contributed by atoms with van der Waals surface area (Å²) in [6, 6.07) is 42.6. The molecule has 1 aliphatic carbocycles. The van der Waals surface area contributed by atoms with E-state index in [1.54, 1.807) is 0 Å². The molecule has 1 aliphatic rings. The second-order valence-corrected chi connectivity index (χ2v) is 9.93. The van der Waals surface area contributed by atoms with E-state index in [1.165, 1.54) is 38.2 Å². The number of hydrogen-bond donors (Lipinski definition) is 1. The van der Waals surface area contributed by atoms with E-state index in [4.69, 9.17) is 16.3 Å². The Balaban J connectivity index is 1.63. The van der Waals surface area contributed by atoms with Crippen LogP contribution in [-0.4, -0.2) is 12.7 Å². The van der Waals surface area contributed by atoms with Crippen molar-refractivity contribution in [2.75, 3.05) is 0 Å². The second kappa shape index (κ2) is 8.52. The minimum absolute atomic E-state index is 0.565. The molecule has 0 unspecified atom stereocenters. The maximum Gasteiger partial charge on any atom is 0.569 e. The van der Waals surface area contributed by atoms with Crippen molar-refractivity contribution in [3.63, 3.8) is 0 Å². The first-order valence-electron chi connectivity index (χ1n) is 12.2. The lowest BCUT2D eigenvalue weighted by atomic mass is 9.67. The highest BCUT2D eigenvalue weighted by molar-refractivity contribution is 6.31. The van der Waals surface area contributed by atoms with Crippen LogP contribution < -0.4 is 4.65 Å². The Morgan fingerprint density at radius 2 is 1.11 bits per heavy atom. The topological polar surface area (TPSA) is 29.5 Å². The molecule has 0 aromatic heterocycles. The van der Waals surface area contributed by atoms with Gasteiger partial charge in [0.25, 0.3) is 0 Å². The fraction of sp³-hybridized carbons (Fsp3) is 0.0303. The van der Waals surface area contributed by atoms with Gasteiger partial charge in [0, 0.05) is 5.02 Å².